The summed E-state index contributed by atoms with van der Waals surface area (Å²) in [5.74, 6) is 2.28. The van der Waals surface area contributed by atoms with E-state index in [1.165, 1.54) is 11.1 Å². The highest BCUT2D eigenvalue weighted by atomic mass is 16.5. The Kier molecular flexibility index (Phi) is 5.31. The van der Waals surface area contributed by atoms with Crippen molar-refractivity contribution in [2.75, 3.05) is 19.5 Å². The van der Waals surface area contributed by atoms with E-state index in [1.807, 2.05) is 42.6 Å². The second kappa shape index (κ2) is 8.06. The number of ether oxygens (including phenoxy) is 2. The van der Waals surface area contributed by atoms with E-state index in [4.69, 9.17) is 19.6 Å². The Hall–Kier alpha value is -3.54. The first-order valence-corrected chi connectivity index (χ1v) is 9.89. The first-order valence-electron chi connectivity index (χ1n) is 9.89. The van der Waals surface area contributed by atoms with E-state index in [9.17, 15) is 0 Å². The highest BCUT2D eigenvalue weighted by molar-refractivity contribution is 5.82. The lowest BCUT2D eigenvalue weighted by atomic mass is 10.1. The fraction of sp³-hybridized carbons (Fsp3) is 0.250. The van der Waals surface area contributed by atoms with Crippen LogP contribution in [0.2, 0.25) is 0 Å². The molecule has 1 N–H and O–H groups in total. The molecule has 0 amide bonds. The van der Waals surface area contributed by atoms with E-state index in [2.05, 4.69) is 36.5 Å². The van der Waals surface area contributed by atoms with Gasteiger partial charge in [0.1, 0.15) is 5.82 Å². The Morgan fingerprint density at radius 2 is 1.63 bits per heavy atom. The summed E-state index contributed by atoms with van der Waals surface area (Å²) in [6.07, 6.45) is 0. The van der Waals surface area contributed by atoms with Gasteiger partial charge in [0, 0.05) is 23.9 Å². The number of hydrogen-bond acceptors (Lipinski definition) is 5. The molecule has 0 saturated carbocycles. The summed E-state index contributed by atoms with van der Waals surface area (Å²) < 4.78 is 12.7. The fourth-order valence-electron chi connectivity index (χ4n) is 3.60. The molecule has 0 aliphatic carbocycles. The van der Waals surface area contributed by atoms with Crippen LogP contribution < -0.4 is 14.8 Å². The number of methoxy groups -OCH3 is 2. The maximum atomic E-state index is 5.49. The predicted molar refractivity (Wildman–Crippen MR) is 120 cm³/mol. The summed E-state index contributed by atoms with van der Waals surface area (Å²) in [4.78, 5) is 4.79. The minimum Gasteiger partial charge on any atom is -0.493 e. The number of nitrogens with one attached hydrogen (secondary N) is 1. The van der Waals surface area contributed by atoms with Gasteiger partial charge in [0.25, 0.3) is 0 Å². The summed E-state index contributed by atoms with van der Waals surface area (Å²) in [6.45, 7) is 6.80. The molecule has 2 heterocycles. The molecule has 0 spiro atoms. The summed E-state index contributed by atoms with van der Waals surface area (Å²) in [6, 6.07) is 16.4. The normalized spacial score (nSPS) is 11.0. The second-order valence-corrected chi connectivity index (χ2v) is 7.39. The van der Waals surface area contributed by atoms with Crippen molar-refractivity contribution in [2.45, 2.75) is 27.3 Å². The maximum Gasteiger partial charge on any atom is 0.165 e. The molecule has 6 heteroatoms. The van der Waals surface area contributed by atoms with Crippen molar-refractivity contribution >= 4 is 11.5 Å². The molecule has 0 fully saturated rings. The number of benzene rings is 2. The van der Waals surface area contributed by atoms with Crippen LogP contribution in [0.3, 0.4) is 0 Å². The SMILES string of the molecule is COc1ccc(-c2c(C)nn3c(NCc4ccc(C)cc4)cc(C)nc23)cc1OC. The number of nitrogens with zero attached hydrogens (tertiary/aromatic N) is 3. The fourth-order valence-corrected chi connectivity index (χ4v) is 3.60. The quantitative estimate of drug-likeness (QED) is 0.494. The third kappa shape index (κ3) is 3.68. The molecule has 4 aromatic rings. The van der Waals surface area contributed by atoms with Gasteiger partial charge in [0.05, 0.1) is 19.9 Å². The Balaban J connectivity index is 1.76. The largest absolute Gasteiger partial charge is 0.493 e. The van der Waals surface area contributed by atoms with Gasteiger partial charge in [-0.25, -0.2) is 4.98 Å². The van der Waals surface area contributed by atoms with Crippen molar-refractivity contribution < 1.29 is 9.47 Å². The molecule has 0 atom stereocenters. The Labute approximate surface area is 176 Å². The first kappa shape index (κ1) is 19.8. The van der Waals surface area contributed by atoms with Gasteiger partial charge in [-0.05, 0) is 44.0 Å². The summed E-state index contributed by atoms with van der Waals surface area (Å²) in [7, 11) is 3.27. The first-order chi connectivity index (χ1) is 14.5. The molecule has 2 aromatic carbocycles. The average Bonchev–Trinajstić information content (AvgIpc) is 3.08. The number of fused-ring (bicyclic) bond motifs is 1. The van der Waals surface area contributed by atoms with Crippen LogP contribution in [0.25, 0.3) is 16.8 Å². The van der Waals surface area contributed by atoms with Gasteiger partial charge in [-0.15, -0.1) is 0 Å². The van der Waals surface area contributed by atoms with Gasteiger partial charge in [-0.2, -0.15) is 9.61 Å². The zero-order valence-corrected chi connectivity index (χ0v) is 18.0. The van der Waals surface area contributed by atoms with Gasteiger partial charge in [-0.3, -0.25) is 0 Å². The smallest absolute Gasteiger partial charge is 0.165 e. The van der Waals surface area contributed by atoms with Crippen LogP contribution in [-0.2, 0) is 6.54 Å². The van der Waals surface area contributed by atoms with Crippen LogP contribution in [0.1, 0.15) is 22.5 Å². The summed E-state index contributed by atoms with van der Waals surface area (Å²) in [5, 5.41) is 8.29. The van der Waals surface area contributed by atoms with E-state index < -0.39 is 0 Å². The summed E-state index contributed by atoms with van der Waals surface area (Å²) in [5.41, 5.74) is 7.08. The highest BCUT2D eigenvalue weighted by Crippen LogP contribution is 2.35. The van der Waals surface area contributed by atoms with Gasteiger partial charge < -0.3 is 14.8 Å². The lowest BCUT2D eigenvalue weighted by Crippen LogP contribution is -2.07. The molecule has 0 radical (unpaired) electrons. The maximum absolute atomic E-state index is 5.49. The third-order valence-electron chi connectivity index (χ3n) is 5.16. The van der Waals surface area contributed by atoms with Crippen molar-refractivity contribution in [1.82, 2.24) is 14.6 Å². The molecule has 0 aliphatic heterocycles. The molecule has 4 rings (SSSR count). The average molecular weight is 402 g/mol. The zero-order valence-electron chi connectivity index (χ0n) is 18.0. The van der Waals surface area contributed by atoms with Crippen molar-refractivity contribution in [2.24, 2.45) is 0 Å². The Bertz CT molecular complexity index is 1200. The van der Waals surface area contributed by atoms with Gasteiger partial charge in [-0.1, -0.05) is 35.9 Å². The van der Waals surface area contributed by atoms with Crippen LogP contribution in [0, 0.1) is 20.8 Å². The van der Waals surface area contributed by atoms with Crippen LogP contribution in [0.5, 0.6) is 11.5 Å². The minimum absolute atomic E-state index is 0.680. The van der Waals surface area contributed by atoms with E-state index in [0.717, 1.165) is 34.0 Å². The van der Waals surface area contributed by atoms with E-state index in [-0.39, 0.29) is 0 Å². The molecule has 0 bridgehead atoms. The van der Waals surface area contributed by atoms with Crippen molar-refractivity contribution in [3.63, 3.8) is 0 Å². The van der Waals surface area contributed by atoms with E-state index in [0.29, 0.717) is 18.0 Å². The van der Waals surface area contributed by atoms with Crippen molar-refractivity contribution in [3.8, 4) is 22.6 Å². The van der Waals surface area contributed by atoms with E-state index >= 15 is 0 Å². The van der Waals surface area contributed by atoms with Crippen LogP contribution >= 0.6 is 0 Å². The number of aryl methyl sites for hydroxylation is 3. The third-order valence-corrected chi connectivity index (χ3v) is 5.16. The number of hydrogen-bond donors (Lipinski definition) is 1. The molecular formula is C24H26N4O2. The standard InChI is InChI=1S/C24H26N4O2/c1-15-6-8-18(9-7-15)14-25-22-12-16(2)26-24-23(17(3)27-28(22)24)19-10-11-20(29-4)21(13-19)30-5/h6-13,25H,14H2,1-5H3. The molecular weight excluding hydrogens is 376 g/mol. The molecule has 2 aromatic heterocycles. The van der Waals surface area contributed by atoms with Gasteiger partial charge in [0.15, 0.2) is 17.1 Å². The molecule has 0 saturated heterocycles. The van der Waals surface area contributed by atoms with Crippen LogP contribution in [-0.4, -0.2) is 28.8 Å². The lowest BCUT2D eigenvalue weighted by Gasteiger charge is -2.11. The molecule has 6 nitrogen and oxygen atoms in total. The van der Waals surface area contributed by atoms with Gasteiger partial charge in [0.2, 0.25) is 0 Å². The van der Waals surface area contributed by atoms with Crippen LogP contribution in [0.4, 0.5) is 5.82 Å². The topological polar surface area (TPSA) is 60.7 Å². The van der Waals surface area contributed by atoms with Crippen molar-refractivity contribution in [3.05, 3.63) is 71.0 Å². The molecule has 154 valence electrons. The minimum atomic E-state index is 0.680. The lowest BCUT2D eigenvalue weighted by molar-refractivity contribution is 0.355. The Morgan fingerprint density at radius 3 is 2.33 bits per heavy atom. The van der Waals surface area contributed by atoms with E-state index in [1.54, 1.807) is 14.2 Å². The van der Waals surface area contributed by atoms with Crippen LogP contribution in [0.15, 0.2) is 48.5 Å². The monoisotopic (exact) mass is 402 g/mol. The number of aromatic nitrogens is 3. The van der Waals surface area contributed by atoms with Crippen molar-refractivity contribution in [1.29, 1.82) is 0 Å². The second-order valence-electron chi connectivity index (χ2n) is 7.39. The Morgan fingerprint density at radius 1 is 0.900 bits per heavy atom. The highest BCUT2D eigenvalue weighted by Gasteiger charge is 2.17. The number of anilines is 1. The summed E-state index contributed by atoms with van der Waals surface area (Å²) >= 11 is 0. The predicted octanol–water partition coefficient (Wildman–Crippen LogP) is 4.95. The molecule has 0 unspecified atom stereocenters. The zero-order chi connectivity index (χ0) is 21.3. The van der Waals surface area contributed by atoms with Gasteiger partial charge >= 0.3 is 0 Å². The molecule has 0 aliphatic rings. The molecule has 30 heavy (non-hydrogen) atoms. The number of rotatable bonds is 6.